The molecule has 4 rings (SSSR count). The molecule has 0 aliphatic heterocycles. The molecule has 1 aliphatic rings. The van der Waals surface area contributed by atoms with Crippen LogP contribution in [0.25, 0.3) is 0 Å². The average Bonchev–Trinajstić information content (AvgIpc) is 2.85. The predicted octanol–water partition coefficient (Wildman–Crippen LogP) is 4.70. The van der Waals surface area contributed by atoms with Crippen molar-refractivity contribution >= 4 is 5.91 Å². The van der Waals surface area contributed by atoms with Crippen LogP contribution < -0.4 is 10.1 Å². The van der Waals surface area contributed by atoms with E-state index in [1.807, 2.05) is 48.5 Å². The lowest BCUT2D eigenvalue weighted by atomic mass is 9.78. The van der Waals surface area contributed by atoms with Crippen LogP contribution in [0.1, 0.15) is 52.7 Å². The van der Waals surface area contributed by atoms with Gasteiger partial charge in [-0.3, -0.25) is 4.79 Å². The molecule has 0 saturated heterocycles. The third kappa shape index (κ3) is 4.99. The first-order chi connectivity index (χ1) is 15.6. The van der Waals surface area contributed by atoms with Crippen LogP contribution in [-0.4, -0.2) is 17.1 Å². The van der Waals surface area contributed by atoms with Gasteiger partial charge in [-0.05, 0) is 61.6 Å². The Morgan fingerprint density at radius 1 is 1.00 bits per heavy atom. The molecule has 0 spiro atoms. The summed E-state index contributed by atoms with van der Waals surface area (Å²) in [5.41, 5.74) is 2.11. The Balaban J connectivity index is 1.29. The molecular formula is C27H26N2O3. The molecule has 0 atom stereocenters. The number of amides is 1. The Morgan fingerprint density at radius 2 is 1.66 bits per heavy atom. The Kier molecular flexibility index (Phi) is 6.53. The van der Waals surface area contributed by atoms with E-state index in [-0.39, 0.29) is 11.9 Å². The summed E-state index contributed by atoms with van der Waals surface area (Å²) in [6.45, 7) is 0.293. The maximum Gasteiger partial charge on any atom is 0.251 e. The number of ether oxygens (including phenoxy) is 1. The van der Waals surface area contributed by atoms with E-state index in [0.717, 1.165) is 24.0 Å². The largest absolute Gasteiger partial charge is 0.489 e. The first-order valence-electron chi connectivity index (χ1n) is 10.9. The number of hydrogen-bond donors (Lipinski definition) is 2. The van der Waals surface area contributed by atoms with Gasteiger partial charge in [0.05, 0.1) is 17.2 Å². The van der Waals surface area contributed by atoms with Gasteiger partial charge in [0.1, 0.15) is 12.4 Å². The highest BCUT2D eigenvalue weighted by Gasteiger charge is 2.35. The molecule has 0 bridgehead atoms. The summed E-state index contributed by atoms with van der Waals surface area (Å²) >= 11 is 0. The van der Waals surface area contributed by atoms with Crippen molar-refractivity contribution in [3.63, 3.8) is 0 Å². The second-order valence-electron chi connectivity index (χ2n) is 8.23. The predicted molar refractivity (Wildman–Crippen MR) is 122 cm³/mol. The van der Waals surface area contributed by atoms with Crippen molar-refractivity contribution in [3.05, 3.63) is 101 Å². The van der Waals surface area contributed by atoms with Crippen LogP contribution in [0.5, 0.6) is 5.75 Å². The maximum absolute atomic E-state index is 12.7. The van der Waals surface area contributed by atoms with E-state index in [4.69, 9.17) is 4.74 Å². The zero-order valence-electron chi connectivity index (χ0n) is 17.8. The van der Waals surface area contributed by atoms with Gasteiger partial charge in [0.2, 0.25) is 0 Å². The molecule has 3 aromatic rings. The third-order valence-electron chi connectivity index (χ3n) is 6.11. The van der Waals surface area contributed by atoms with Gasteiger partial charge in [0, 0.05) is 17.2 Å². The molecular weight excluding hydrogens is 400 g/mol. The molecule has 0 unspecified atom stereocenters. The highest BCUT2D eigenvalue weighted by atomic mass is 16.5. The minimum atomic E-state index is -0.814. The van der Waals surface area contributed by atoms with Gasteiger partial charge in [0.25, 0.3) is 5.91 Å². The Labute approximate surface area is 188 Å². The molecule has 1 saturated carbocycles. The van der Waals surface area contributed by atoms with Gasteiger partial charge in [-0.2, -0.15) is 5.26 Å². The van der Waals surface area contributed by atoms with E-state index in [2.05, 4.69) is 11.4 Å². The SMILES string of the molecule is N#Cc1ccccc1COc1ccc(C(=O)NC2CCC(O)(c3ccccc3)CC2)cc1. The minimum Gasteiger partial charge on any atom is -0.489 e. The standard InChI is InChI=1S/C27H26N2O3/c28-18-21-6-4-5-7-22(21)19-32-25-12-10-20(11-13-25)26(30)29-24-14-16-27(31,17-15-24)23-8-2-1-3-9-23/h1-13,24,31H,14-17,19H2,(H,29,30). The summed E-state index contributed by atoms with van der Waals surface area (Å²) < 4.78 is 5.77. The first kappa shape index (κ1) is 21.6. The highest BCUT2D eigenvalue weighted by molar-refractivity contribution is 5.94. The van der Waals surface area contributed by atoms with Crippen LogP contribution in [-0.2, 0) is 12.2 Å². The second kappa shape index (κ2) is 9.67. The van der Waals surface area contributed by atoms with Crippen LogP contribution in [0.3, 0.4) is 0 Å². The highest BCUT2D eigenvalue weighted by Crippen LogP contribution is 2.37. The van der Waals surface area contributed by atoms with Gasteiger partial charge in [-0.25, -0.2) is 0 Å². The number of nitrogens with zero attached hydrogens (tertiary/aromatic N) is 1. The van der Waals surface area contributed by atoms with E-state index in [1.54, 1.807) is 30.3 Å². The molecule has 2 N–H and O–H groups in total. The lowest BCUT2D eigenvalue weighted by molar-refractivity contribution is -0.00803. The van der Waals surface area contributed by atoms with Crippen molar-refractivity contribution in [2.24, 2.45) is 0 Å². The second-order valence-corrected chi connectivity index (χ2v) is 8.23. The number of rotatable bonds is 6. The summed E-state index contributed by atoms with van der Waals surface area (Å²) in [5.74, 6) is 0.515. The normalized spacial score (nSPS) is 20.2. The number of hydrogen-bond acceptors (Lipinski definition) is 4. The fourth-order valence-corrected chi connectivity index (χ4v) is 4.16. The lowest BCUT2D eigenvalue weighted by Gasteiger charge is -2.36. The molecule has 1 amide bonds. The Hall–Kier alpha value is -3.62. The van der Waals surface area contributed by atoms with Crippen molar-refractivity contribution in [3.8, 4) is 11.8 Å². The summed E-state index contributed by atoms with van der Waals surface area (Å²) in [5, 5.41) is 23.2. The zero-order valence-corrected chi connectivity index (χ0v) is 17.8. The Morgan fingerprint density at radius 3 is 2.34 bits per heavy atom. The van der Waals surface area contributed by atoms with Crippen molar-refractivity contribution in [2.45, 2.75) is 43.9 Å². The summed E-state index contributed by atoms with van der Waals surface area (Å²) in [6.07, 6.45) is 2.71. The molecule has 0 heterocycles. The maximum atomic E-state index is 12.7. The fourth-order valence-electron chi connectivity index (χ4n) is 4.16. The van der Waals surface area contributed by atoms with Crippen molar-refractivity contribution in [1.29, 1.82) is 5.26 Å². The average molecular weight is 427 g/mol. The number of carbonyl (C=O) groups is 1. The summed E-state index contributed by atoms with van der Waals surface area (Å²) in [6, 6.07) is 26.3. The van der Waals surface area contributed by atoms with Gasteiger partial charge < -0.3 is 15.2 Å². The molecule has 162 valence electrons. The van der Waals surface area contributed by atoms with Crippen molar-refractivity contribution < 1.29 is 14.6 Å². The van der Waals surface area contributed by atoms with E-state index in [9.17, 15) is 15.2 Å². The van der Waals surface area contributed by atoms with Crippen LogP contribution in [0.4, 0.5) is 0 Å². The van der Waals surface area contributed by atoms with Gasteiger partial charge in [-0.15, -0.1) is 0 Å². The zero-order chi connectivity index (χ0) is 22.4. The van der Waals surface area contributed by atoms with Gasteiger partial charge in [0.15, 0.2) is 0 Å². The number of nitriles is 1. The molecule has 0 aromatic heterocycles. The molecule has 0 radical (unpaired) electrons. The summed E-state index contributed by atoms with van der Waals surface area (Å²) in [4.78, 5) is 12.7. The quantitative estimate of drug-likeness (QED) is 0.599. The topological polar surface area (TPSA) is 82.3 Å². The molecule has 5 heteroatoms. The smallest absolute Gasteiger partial charge is 0.251 e. The van der Waals surface area contributed by atoms with Crippen molar-refractivity contribution in [1.82, 2.24) is 5.32 Å². The van der Waals surface area contributed by atoms with Crippen LogP contribution >= 0.6 is 0 Å². The number of aliphatic hydroxyl groups is 1. The van der Waals surface area contributed by atoms with Gasteiger partial charge >= 0.3 is 0 Å². The Bertz CT molecular complexity index is 1100. The van der Waals surface area contributed by atoms with E-state index in [1.165, 1.54) is 0 Å². The van der Waals surface area contributed by atoms with Gasteiger partial charge in [-0.1, -0.05) is 48.5 Å². The van der Waals surface area contributed by atoms with E-state index < -0.39 is 5.60 Å². The van der Waals surface area contributed by atoms with Crippen LogP contribution in [0, 0.1) is 11.3 Å². The molecule has 3 aromatic carbocycles. The molecule has 1 aliphatic carbocycles. The van der Waals surface area contributed by atoms with E-state index in [0.29, 0.717) is 36.3 Å². The van der Waals surface area contributed by atoms with Crippen molar-refractivity contribution in [2.75, 3.05) is 0 Å². The van der Waals surface area contributed by atoms with Crippen LogP contribution in [0.2, 0.25) is 0 Å². The molecule has 5 nitrogen and oxygen atoms in total. The van der Waals surface area contributed by atoms with Crippen LogP contribution in [0.15, 0.2) is 78.9 Å². The fraction of sp³-hybridized carbons (Fsp3) is 0.259. The number of carbonyl (C=O) groups excluding carboxylic acids is 1. The summed E-state index contributed by atoms with van der Waals surface area (Å²) in [7, 11) is 0. The number of nitrogens with one attached hydrogen (secondary N) is 1. The number of benzene rings is 3. The minimum absolute atomic E-state index is 0.0462. The lowest BCUT2D eigenvalue weighted by Crippen LogP contribution is -2.42. The first-order valence-corrected chi connectivity index (χ1v) is 10.9. The molecule has 1 fully saturated rings. The monoisotopic (exact) mass is 426 g/mol. The van der Waals surface area contributed by atoms with E-state index >= 15 is 0 Å². The third-order valence-corrected chi connectivity index (χ3v) is 6.11. The molecule has 32 heavy (non-hydrogen) atoms.